The first-order chi connectivity index (χ1) is 16.2. The molecule has 1 aliphatic heterocycles. The zero-order valence-electron chi connectivity index (χ0n) is 18.3. The highest BCUT2D eigenvalue weighted by molar-refractivity contribution is 5.79. The number of aryl methyl sites for hydroxylation is 1. The minimum Gasteiger partial charge on any atom is -0.483 e. The Morgan fingerprint density at radius 2 is 2.00 bits per heavy atom. The summed E-state index contributed by atoms with van der Waals surface area (Å²) in [5.41, 5.74) is 1.86. The van der Waals surface area contributed by atoms with Gasteiger partial charge in [0.05, 0.1) is 24.8 Å². The van der Waals surface area contributed by atoms with E-state index < -0.39 is 0 Å². The lowest BCUT2D eigenvalue weighted by Gasteiger charge is -2.23. The maximum atomic E-state index is 12.7. The van der Waals surface area contributed by atoms with Gasteiger partial charge in [0.15, 0.2) is 5.82 Å². The molecule has 3 aromatic rings. The summed E-state index contributed by atoms with van der Waals surface area (Å²) in [6, 6.07) is 15.8. The van der Waals surface area contributed by atoms with Crippen LogP contribution in [-0.4, -0.2) is 70.3 Å². The number of carbonyl (C=O) groups is 2. The van der Waals surface area contributed by atoms with Gasteiger partial charge in [-0.15, -0.1) is 10.2 Å². The van der Waals surface area contributed by atoms with E-state index in [9.17, 15) is 4.79 Å². The van der Waals surface area contributed by atoms with Gasteiger partial charge in [0.25, 0.3) is 6.47 Å². The summed E-state index contributed by atoms with van der Waals surface area (Å²) in [7, 11) is 0. The van der Waals surface area contributed by atoms with Gasteiger partial charge in [-0.05, 0) is 24.6 Å². The highest BCUT2D eigenvalue weighted by atomic mass is 16.5. The van der Waals surface area contributed by atoms with E-state index in [-0.39, 0.29) is 18.3 Å². The van der Waals surface area contributed by atoms with Crippen molar-refractivity contribution in [1.29, 1.82) is 0 Å². The van der Waals surface area contributed by atoms with E-state index in [0.29, 0.717) is 32.8 Å². The quantitative estimate of drug-likeness (QED) is 0.410. The molecule has 1 unspecified atom stereocenters. The zero-order valence-corrected chi connectivity index (χ0v) is 18.3. The second kappa shape index (κ2) is 12.9. The molecule has 174 valence electrons. The first kappa shape index (κ1) is 23.9. The first-order valence-electron chi connectivity index (χ1n) is 10.8. The van der Waals surface area contributed by atoms with Crippen LogP contribution in [0.1, 0.15) is 6.42 Å². The van der Waals surface area contributed by atoms with Crippen LogP contribution in [0.3, 0.4) is 0 Å². The van der Waals surface area contributed by atoms with Gasteiger partial charge < -0.3 is 20.1 Å². The van der Waals surface area contributed by atoms with E-state index in [4.69, 9.17) is 14.6 Å². The number of nitrogens with zero attached hydrogens (tertiary/aromatic N) is 5. The monoisotopic (exact) mass is 452 g/mol. The molecule has 1 amide bonds. The van der Waals surface area contributed by atoms with Gasteiger partial charge in [-0.2, -0.15) is 5.10 Å². The highest BCUT2D eigenvalue weighted by Gasteiger charge is 2.25. The molecule has 1 aromatic carbocycles. The fourth-order valence-electron chi connectivity index (χ4n) is 3.46. The number of rotatable bonds is 7. The standard InChI is InChI=1S/C22H26N6O2.CH2O2/c29-22(23-10-4-12-28-13-5-11-24-28)19-16-27(14-15-30-17-19)21-9-8-20(25-26-21)18-6-2-1-3-7-18;2-1-3/h1-3,5-9,11,13,19H,4,10,12,14-17H2,(H,23,29);1H,(H,2,3). The van der Waals surface area contributed by atoms with Crippen LogP contribution in [0.15, 0.2) is 60.9 Å². The molecule has 2 aromatic heterocycles. The van der Waals surface area contributed by atoms with E-state index in [1.54, 1.807) is 6.20 Å². The predicted octanol–water partition coefficient (Wildman–Crippen LogP) is 1.70. The largest absolute Gasteiger partial charge is 0.483 e. The number of anilines is 1. The molecule has 33 heavy (non-hydrogen) atoms. The van der Waals surface area contributed by atoms with Crippen molar-refractivity contribution in [1.82, 2.24) is 25.3 Å². The molecule has 1 atom stereocenters. The van der Waals surface area contributed by atoms with Crippen molar-refractivity contribution < 1.29 is 19.4 Å². The molecule has 10 nitrogen and oxygen atoms in total. The van der Waals surface area contributed by atoms with E-state index in [1.165, 1.54) is 0 Å². The molecular formula is C23H28N6O4. The van der Waals surface area contributed by atoms with Gasteiger partial charge in [0.1, 0.15) is 0 Å². The Balaban J connectivity index is 0.000000968. The number of carboxylic acid groups (broad SMARTS) is 1. The number of hydrogen-bond donors (Lipinski definition) is 2. The summed E-state index contributed by atoms with van der Waals surface area (Å²) >= 11 is 0. The first-order valence-corrected chi connectivity index (χ1v) is 10.8. The number of aromatic nitrogens is 4. The predicted molar refractivity (Wildman–Crippen MR) is 123 cm³/mol. The highest BCUT2D eigenvalue weighted by Crippen LogP contribution is 2.20. The molecule has 2 N–H and O–H groups in total. The number of ether oxygens (including phenoxy) is 1. The second-order valence-corrected chi connectivity index (χ2v) is 7.38. The van der Waals surface area contributed by atoms with E-state index in [1.807, 2.05) is 59.4 Å². The van der Waals surface area contributed by atoms with Crippen LogP contribution in [0, 0.1) is 5.92 Å². The van der Waals surface area contributed by atoms with Gasteiger partial charge in [0, 0.05) is 44.1 Å². The van der Waals surface area contributed by atoms with Crippen LogP contribution in [0.4, 0.5) is 5.82 Å². The Labute approximate surface area is 192 Å². The Kier molecular flexibility index (Phi) is 9.34. The molecule has 0 radical (unpaired) electrons. The molecule has 0 saturated carbocycles. The third kappa shape index (κ3) is 7.39. The third-order valence-corrected chi connectivity index (χ3v) is 5.10. The lowest BCUT2D eigenvalue weighted by Crippen LogP contribution is -2.40. The van der Waals surface area contributed by atoms with Gasteiger partial charge >= 0.3 is 0 Å². The Morgan fingerprint density at radius 1 is 1.18 bits per heavy atom. The molecule has 1 fully saturated rings. The maximum Gasteiger partial charge on any atom is 0.290 e. The van der Waals surface area contributed by atoms with Crippen molar-refractivity contribution in [2.24, 2.45) is 5.92 Å². The van der Waals surface area contributed by atoms with Crippen LogP contribution < -0.4 is 10.2 Å². The lowest BCUT2D eigenvalue weighted by atomic mass is 10.1. The molecule has 0 aliphatic carbocycles. The number of hydrogen-bond acceptors (Lipinski definition) is 7. The van der Waals surface area contributed by atoms with Crippen molar-refractivity contribution in [2.45, 2.75) is 13.0 Å². The maximum absolute atomic E-state index is 12.7. The summed E-state index contributed by atoms with van der Waals surface area (Å²) in [6.45, 7) is 3.36. The Bertz CT molecular complexity index is 966. The molecular weight excluding hydrogens is 424 g/mol. The van der Waals surface area contributed by atoms with E-state index in [2.05, 4.69) is 25.5 Å². The average molecular weight is 453 g/mol. The summed E-state index contributed by atoms with van der Waals surface area (Å²) in [5, 5.41) is 22.8. The second-order valence-electron chi connectivity index (χ2n) is 7.38. The van der Waals surface area contributed by atoms with E-state index in [0.717, 1.165) is 30.0 Å². The molecule has 1 aliphatic rings. The fraction of sp³-hybridized carbons (Fsp3) is 0.348. The smallest absolute Gasteiger partial charge is 0.290 e. The normalized spacial score (nSPS) is 15.6. The topological polar surface area (TPSA) is 122 Å². The Morgan fingerprint density at radius 3 is 2.70 bits per heavy atom. The van der Waals surface area contributed by atoms with Crippen molar-refractivity contribution in [2.75, 3.05) is 37.7 Å². The van der Waals surface area contributed by atoms with Crippen LogP contribution in [-0.2, 0) is 20.9 Å². The third-order valence-electron chi connectivity index (χ3n) is 5.10. The van der Waals surface area contributed by atoms with Gasteiger partial charge in [0.2, 0.25) is 5.91 Å². The summed E-state index contributed by atoms with van der Waals surface area (Å²) in [5.74, 6) is 0.528. The van der Waals surface area contributed by atoms with Crippen LogP contribution in [0.2, 0.25) is 0 Å². The van der Waals surface area contributed by atoms with Crippen LogP contribution >= 0.6 is 0 Å². The molecule has 0 spiro atoms. The van der Waals surface area contributed by atoms with Crippen molar-refractivity contribution >= 4 is 18.2 Å². The van der Waals surface area contributed by atoms with Crippen molar-refractivity contribution in [3.05, 3.63) is 60.9 Å². The number of amides is 1. The average Bonchev–Trinajstić information content (AvgIpc) is 3.25. The SMILES string of the molecule is O=C(NCCCn1cccn1)C1COCCN(c2ccc(-c3ccccc3)nn2)C1.O=CO. The fourth-order valence-corrected chi connectivity index (χ4v) is 3.46. The molecule has 3 heterocycles. The molecule has 1 saturated heterocycles. The Hall–Kier alpha value is -3.79. The van der Waals surface area contributed by atoms with Crippen molar-refractivity contribution in [3.63, 3.8) is 0 Å². The number of carbonyl (C=O) groups excluding carboxylic acids is 1. The molecule has 0 bridgehead atoms. The van der Waals surface area contributed by atoms with Gasteiger partial charge in [-0.3, -0.25) is 14.3 Å². The van der Waals surface area contributed by atoms with Crippen LogP contribution in [0.5, 0.6) is 0 Å². The minimum absolute atomic E-state index is 0.0104. The summed E-state index contributed by atoms with van der Waals surface area (Å²) in [4.78, 5) is 23.1. The number of nitrogens with one attached hydrogen (secondary N) is 1. The van der Waals surface area contributed by atoms with Crippen molar-refractivity contribution in [3.8, 4) is 11.3 Å². The minimum atomic E-state index is -0.250. The van der Waals surface area contributed by atoms with E-state index >= 15 is 0 Å². The lowest BCUT2D eigenvalue weighted by molar-refractivity contribution is -0.126. The molecule has 4 rings (SSSR count). The number of benzene rings is 1. The zero-order chi connectivity index (χ0) is 23.3. The van der Waals surface area contributed by atoms with Gasteiger partial charge in [-0.25, -0.2) is 0 Å². The summed E-state index contributed by atoms with van der Waals surface area (Å²) < 4.78 is 7.53. The van der Waals surface area contributed by atoms with Gasteiger partial charge in [-0.1, -0.05) is 30.3 Å². The summed E-state index contributed by atoms with van der Waals surface area (Å²) in [6.07, 6.45) is 4.51. The molecule has 10 heteroatoms. The van der Waals surface area contributed by atoms with Crippen LogP contribution in [0.25, 0.3) is 11.3 Å².